The highest BCUT2D eigenvalue weighted by atomic mass is 16.5. The van der Waals surface area contributed by atoms with Gasteiger partial charge in [0.15, 0.2) is 0 Å². The van der Waals surface area contributed by atoms with E-state index in [1.807, 2.05) is 12.1 Å². The average Bonchev–Trinajstić information content (AvgIpc) is 3.25. The number of hydrogen-bond acceptors (Lipinski definition) is 4. The molecule has 3 rings (SSSR count). The van der Waals surface area contributed by atoms with Gasteiger partial charge in [0.05, 0.1) is 6.61 Å². The number of pyridine rings is 1. The second-order valence-corrected chi connectivity index (χ2v) is 6.29. The van der Waals surface area contributed by atoms with Gasteiger partial charge in [-0.2, -0.15) is 0 Å². The number of ether oxygens (including phenoxy) is 2. The van der Waals surface area contributed by atoms with Gasteiger partial charge in [-0.3, -0.25) is 0 Å². The monoisotopic (exact) mass is 319 g/mol. The van der Waals surface area contributed by atoms with E-state index >= 15 is 0 Å². The number of carbonyl (C=O) groups is 1. The van der Waals surface area contributed by atoms with Crippen LogP contribution in [-0.2, 0) is 11.3 Å². The Hall–Kier alpha value is -1.82. The Labute approximate surface area is 137 Å². The normalized spacial score (nSPS) is 21.3. The van der Waals surface area contributed by atoms with E-state index in [1.54, 1.807) is 6.20 Å². The summed E-state index contributed by atoms with van der Waals surface area (Å²) in [6.07, 6.45) is 7.63. The molecule has 23 heavy (non-hydrogen) atoms. The lowest BCUT2D eigenvalue weighted by Crippen LogP contribution is -2.38. The zero-order valence-electron chi connectivity index (χ0n) is 13.4. The fourth-order valence-corrected chi connectivity index (χ4v) is 3.05. The van der Waals surface area contributed by atoms with E-state index in [0.29, 0.717) is 24.9 Å². The fraction of sp³-hybridized carbons (Fsp3) is 0.647. The summed E-state index contributed by atoms with van der Waals surface area (Å²) < 4.78 is 11.3. The van der Waals surface area contributed by atoms with Crippen molar-refractivity contribution >= 4 is 6.03 Å². The first-order valence-electron chi connectivity index (χ1n) is 8.51. The van der Waals surface area contributed by atoms with Crippen molar-refractivity contribution in [2.24, 2.45) is 5.92 Å². The van der Waals surface area contributed by atoms with Gasteiger partial charge < -0.3 is 20.1 Å². The molecule has 1 aromatic rings. The summed E-state index contributed by atoms with van der Waals surface area (Å²) in [7, 11) is 0. The standard InChI is InChI=1S/C17H25N3O3/c21-17(19-10-13-7-9-22-12-13)20-11-14-4-3-8-18-16(14)23-15-5-1-2-6-15/h3-4,8,13,15H,1-2,5-7,9-12H2,(H2,19,20,21)/t13-/m0/s1. The Morgan fingerprint density at radius 2 is 2.17 bits per heavy atom. The van der Waals surface area contributed by atoms with Crippen LogP contribution in [-0.4, -0.2) is 36.9 Å². The second-order valence-electron chi connectivity index (χ2n) is 6.29. The maximum atomic E-state index is 11.9. The minimum Gasteiger partial charge on any atom is -0.474 e. The SMILES string of the molecule is O=C(NCc1cccnc1OC1CCCC1)NC[C@@H]1CCOC1. The molecule has 0 aromatic carbocycles. The van der Waals surface area contributed by atoms with E-state index in [-0.39, 0.29) is 12.1 Å². The number of rotatable bonds is 6. The lowest BCUT2D eigenvalue weighted by Gasteiger charge is -2.16. The predicted molar refractivity (Wildman–Crippen MR) is 86.3 cm³/mol. The first-order chi connectivity index (χ1) is 11.3. The number of carbonyl (C=O) groups excluding carboxylic acids is 1. The van der Waals surface area contributed by atoms with Crippen LogP contribution in [0, 0.1) is 5.92 Å². The van der Waals surface area contributed by atoms with Crippen molar-refractivity contribution in [3.8, 4) is 5.88 Å². The third-order valence-corrected chi connectivity index (χ3v) is 4.45. The van der Waals surface area contributed by atoms with Crippen LogP contribution < -0.4 is 15.4 Å². The highest BCUT2D eigenvalue weighted by Gasteiger charge is 2.19. The van der Waals surface area contributed by atoms with Crippen molar-refractivity contribution in [1.29, 1.82) is 0 Å². The number of urea groups is 1. The number of hydrogen-bond donors (Lipinski definition) is 2. The minimum absolute atomic E-state index is 0.160. The highest BCUT2D eigenvalue weighted by Crippen LogP contribution is 2.24. The molecule has 2 fully saturated rings. The largest absolute Gasteiger partial charge is 0.474 e. The van der Waals surface area contributed by atoms with Crippen LogP contribution in [0.2, 0.25) is 0 Å². The molecule has 0 radical (unpaired) electrons. The molecule has 1 aliphatic heterocycles. The zero-order chi connectivity index (χ0) is 15.9. The molecule has 1 atom stereocenters. The quantitative estimate of drug-likeness (QED) is 0.843. The summed E-state index contributed by atoms with van der Waals surface area (Å²) in [6.45, 7) is 2.61. The van der Waals surface area contributed by atoms with E-state index in [0.717, 1.165) is 38.0 Å². The summed E-state index contributed by atoms with van der Waals surface area (Å²) >= 11 is 0. The predicted octanol–water partition coefficient (Wildman–Crippen LogP) is 2.24. The molecule has 1 aromatic heterocycles. The second kappa shape index (κ2) is 8.15. The summed E-state index contributed by atoms with van der Waals surface area (Å²) in [5, 5.41) is 5.77. The molecule has 2 N–H and O–H groups in total. The van der Waals surface area contributed by atoms with Crippen LogP contribution in [0.1, 0.15) is 37.7 Å². The maximum absolute atomic E-state index is 11.9. The van der Waals surface area contributed by atoms with Crippen molar-refractivity contribution in [3.05, 3.63) is 23.9 Å². The minimum atomic E-state index is -0.160. The van der Waals surface area contributed by atoms with Crippen LogP contribution >= 0.6 is 0 Å². The van der Waals surface area contributed by atoms with Crippen LogP contribution in [0.3, 0.4) is 0 Å². The van der Waals surface area contributed by atoms with Crippen molar-refractivity contribution in [1.82, 2.24) is 15.6 Å². The molecule has 2 heterocycles. The molecule has 6 heteroatoms. The molecule has 0 spiro atoms. The molecule has 1 saturated heterocycles. The van der Waals surface area contributed by atoms with Gasteiger partial charge in [-0.15, -0.1) is 0 Å². The van der Waals surface area contributed by atoms with Crippen LogP contribution in [0.15, 0.2) is 18.3 Å². The molecular formula is C17H25N3O3. The Kier molecular flexibility index (Phi) is 5.69. The van der Waals surface area contributed by atoms with Gasteiger partial charge in [-0.05, 0) is 38.2 Å². The third-order valence-electron chi connectivity index (χ3n) is 4.45. The first-order valence-corrected chi connectivity index (χ1v) is 8.51. The topological polar surface area (TPSA) is 72.5 Å². The van der Waals surface area contributed by atoms with Gasteiger partial charge in [0.2, 0.25) is 5.88 Å². The first kappa shape index (κ1) is 16.1. The van der Waals surface area contributed by atoms with E-state index in [2.05, 4.69) is 15.6 Å². The summed E-state index contributed by atoms with van der Waals surface area (Å²) in [6, 6.07) is 3.65. The van der Waals surface area contributed by atoms with Gasteiger partial charge in [-0.1, -0.05) is 6.07 Å². The number of aromatic nitrogens is 1. The molecule has 1 saturated carbocycles. The van der Waals surface area contributed by atoms with Gasteiger partial charge in [0.25, 0.3) is 0 Å². The van der Waals surface area contributed by atoms with Crippen molar-refractivity contribution in [2.45, 2.75) is 44.8 Å². The lowest BCUT2D eigenvalue weighted by atomic mass is 10.1. The Bertz CT molecular complexity index is 512. The van der Waals surface area contributed by atoms with Crippen LogP contribution in [0.5, 0.6) is 5.88 Å². The van der Waals surface area contributed by atoms with Gasteiger partial charge >= 0.3 is 6.03 Å². The van der Waals surface area contributed by atoms with E-state index in [1.165, 1.54) is 12.8 Å². The highest BCUT2D eigenvalue weighted by molar-refractivity contribution is 5.73. The Morgan fingerprint density at radius 1 is 1.30 bits per heavy atom. The van der Waals surface area contributed by atoms with Gasteiger partial charge in [0, 0.05) is 37.4 Å². The maximum Gasteiger partial charge on any atom is 0.315 e. The lowest BCUT2D eigenvalue weighted by molar-refractivity contribution is 0.185. The van der Waals surface area contributed by atoms with Crippen LogP contribution in [0.25, 0.3) is 0 Å². The van der Waals surface area contributed by atoms with E-state index in [9.17, 15) is 4.79 Å². The van der Waals surface area contributed by atoms with Crippen molar-refractivity contribution in [3.63, 3.8) is 0 Å². The molecule has 0 bridgehead atoms. The van der Waals surface area contributed by atoms with Crippen LogP contribution in [0.4, 0.5) is 4.79 Å². The zero-order valence-corrected chi connectivity index (χ0v) is 13.4. The van der Waals surface area contributed by atoms with Crippen molar-refractivity contribution < 1.29 is 14.3 Å². The summed E-state index contributed by atoms with van der Waals surface area (Å²) in [5.41, 5.74) is 0.916. The molecule has 126 valence electrons. The average molecular weight is 319 g/mol. The van der Waals surface area contributed by atoms with Crippen molar-refractivity contribution in [2.75, 3.05) is 19.8 Å². The summed E-state index contributed by atoms with van der Waals surface area (Å²) in [4.78, 5) is 16.2. The summed E-state index contributed by atoms with van der Waals surface area (Å²) in [5.74, 6) is 1.07. The molecule has 6 nitrogen and oxygen atoms in total. The van der Waals surface area contributed by atoms with Gasteiger partial charge in [0.1, 0.15) is 6.10 Å². The third kappa shape index (κ3) is 4.82. The number of amides is 2. The van der Waals surface area contributed by atoms with E-state index in [4.69, 9.17) is 9.47 Å². The molecule has 1 aliphatic carbocycles. The Morgan fingerprint density at radius 3 is 2.96 bits per heavy atom. The Balaban J connectivity index is 1.46. The van der Waals surface area contributed by atoms with Gasteiger partial charge in [-0.25, -0.2) is 9.78 Å². The fourth-order valence-electron chi connectivity index (χ4n) is 3.05. The smallest absolute Gasteiger partial charge is 0.315 e. The molecule has 0 unspecified atom stereocenters. The number of nitrogens with zero attached hydrogens (tertiary/aromatic N) is 1. The number of nitrogens with one attached hydrogen (secondary N) is 2. The molecular weight excluding hydrogens is 294 g/mol. The molecule has 2 amide bonds. The molecule has 2 aliphatic rings. The van der Waals surface area contributed by atoms with E-state index < -0.39 is 0 Å².